The molecule has 1 aromatic heterocycles. The molecule has 1 rings (SSSR count). The molecule has 0 saturated heterocycles. The average Bonchev–Trinajstić information content (AvgIpc) is 2.76. The minimum Gasteiger partial charge on any atom is -0.386 e. The quantitative estimate of drug-likeness (QED) is 0.750. The molecule has 86 valence electrons. The first-order valence-corrected chi connectivity index (χ1v) is 6.56. The van der Waals surface area contributed by atoms with Gasteiger partial charge in [0.15, 0.2) is 0 Å². The molecule has 0 aliphatic carbocycles. The van der Waals surface area contributed by atoms with Crippen molar-refractivity contribution in [2.45, 2.75) is 45.3 Å². The summed E-state index contributed by atoms with van der Waals surface area (Å²) in [4.78, 5) is 1.05. The topological polar surface area (TPSA) is 32.3 Å². The largest absolute Gasteiger partial charge is 0.386 e. The highest BCUT2D eigenvalue weighted by molar-refractivity contribution is 7.10. The number of rotatable bonds is 7. The van der Waals surface area contributed by atoms with Crippen LogP contribution in [0.3, 0.4) is 0 Å². The molecule has 0 bridgehead atoms. The number of unbranched alkanes of at least 4 members (excludes halogenated alkanes) is 1. The summed E-state index contributed by atoms with van der Waals surface area (Å²) in [7, 11) is 0. The van der Waals surface area contributed by atoms with Crippen molar-refractivity contribution in [2.24, 2.45) is 0 Å². The van der Waals surface area contributed by atoms with Gasteiger partial charge in [-0.25, -0.2) is 0 Å². The Balaban J connectivity index is 2.19. The van der Waals surface area contributed by atoms with E-state index in [1.165, 1.54) is 19.3 Å². The first kappa shape index (κ1) is 12.7. The molecular weight excluding hydrogens is 206 g/mol. The molecule has 15 heavy (non-hydrogen) atoms. The molecule has 2 N–H and O–H groups in total. The highest BCUT2D eigenvalue weighted by atomic mass is 32.1. The molecular formula is C12H21NOS. The molecule has 0 fully saturated rings. The lowest BCUT2D eigenvalue weighted by molar-refractivity contribution is 0.173. The van der Waals surface area contributed by atoms with Crippen molar-refractivity contribution >= 4 is 11.3 Å². The summed E-state index contributed by atoms with van der Waals surface area (Å²) in [5, 5.41) is 15.2. The normalized spacial score (nSPS) is 15.1. The van der Waals surface area contributed by atoms with E-state index in [-0.39, 0.29) is 6.10 Å². The maximum absolute atomic E-state index is 9.83. The van der Waals surface area contributed by atoms with Crippen molar-refractivity contribution in [3.63, 3.8) is 0 Å². The van der Waals surface area contributed by atoms with Gasteiger partial charge in [-0.1, -0.05) is 25.8 Å². The molecule has 2 unspecified atom stereocenters. The first-order valence-electron chi connectivity index (χ1n) is 5.69. The van der Waals surface area contributed by atoms with Crippen LogP contribution in [-0.4, -0.2) is 17.7 Å². The Kier molecular flexibility index (Phi) is 5.91. The summed E-state index contributed by atoms with van der Waals surface area (Å²) in [5.74, 6) is 0. The van der Waals surface area contributed by atoms with E-state index in [1.807, 2.05) is 17.5 Å². The number of nitrogens with one attached hydrogen (secondary N) is 1. The van der Waals surface area contributed by atoms with E-state index in [4.69, 9.17) is 0 Å². The van der Waals surface area contributed by atoms with E-state index in [9.17, 15) is 5.11 Å². The third kappa shape index (κ3) is 4.78. The SMILES string of the molecule is CCCCC(C)NCC(O)c1cccs1. The van der Waals surface area contributed by atoms with Crippen LogP contribution in [-0.2, 0) is 0 Å². The summed E-state index contributed by atoms with van der Waals surface area (Å²) in [6.07, 6.45) is 3.32. The van der Waals surface area contributed by atoms with Crippen LogP contribution in [0.5, 0.6) is 0 Å². The predicted molar refractivity (Wildman–Crippen MR) is 66.3 cm³/mol. The van der Waals surface area contributed by atoms with E-state index in [1.54, 1.807) is 11.3 Å². The zero-order valence-electron chi connectivity index (χ0n) is 9.57. The minimum atomic E-state index is -0.353. The molecule has 0 spiro atoms. The van der Waals surface area contributed by atoms with Gasteiger partial charge in [-0.05, 0) is 24.8 Å². The summed E-state index contributed by atoms with van der Waals surface area (Å²) < 4.78 is 0. The van der Waals surface area contributed by atoms with E-state index >= 15 is 0 Å². The van der Waals surface area contributed by atoms with Crippen LogP contribution in [0.4, 0.5) is 0 Å². The Morgan fingerprint density at radius 1 is 1.53 bits per heavy atom. The second-order valence-corrected chi connectivity index (χ2v) is 4.96. The molecule has 0 saturated carbocycles. The van der Waals surface area contributed by atoms with Crippen LogP contribution in [0.25, 0.3) is 0 Å². The van der Waals surface area contributed by atoms with Crippen molar-refractivity contribution in [2.75, 3.05) is 6.54 Å². The second kappa shape index (κ2) is 6.99. The maximum atomic E-state index is 9.83. The Morgan fingerprint density at radius 3 is 2.93 bits per heavy atom. The Labute approximate surface area is 96.3 Å². The molecule has 0 radical (unpaired) electrons. The van der Waals surface area contributed by atoms with E-state index in [0.29, 0.717) is 12.6 Å². The van der Waals surface area contributed by atoms with Gasteiger partial charge in [0.25, 0.3) is 0 Å². The fourth-order valence-electron chi connectivity index (χ4n) is 1.51. The van der Waals surface area contributed by atoms with E-state index in [2.05, 4.69) is 19.2 Å². The maximum Gasteiger partial charge on any atom is 0.101 e. The summed E-state index contributed by atoms with van der Waals surface area (Å²) in [6.45, 7) is 5.04. The third-order valence-corrected chi connectivity index (χ3v) is 3.50. The Morgan fingerprint density at radius 2 is 2.33 bits per heavy atom. The second-order valence-electron chi connectivity index (χ2n) is 3.98. The number of aliphatic hydroxyl groups excluding tert-OH is 1. The van der Waals surface area contributed by atoms with Gasteiger partial charge in [-0.15, -0.1) is 11.3 Å². The lowest BCUT2D eigenvalue weighted by Crippen LogP contribution is -2.30. The van der Waals surface area contributed by atoms with Crippen LogP contribution in [0, 0.1) is 0 Å². The monoisotopic (exact) mass is 227 g/mol. The van der Waals surface area contributed by atoms with Crippen LogP contribution in [0.2, 0.25) is 0 Å². The van der Waals surface area contributed by atoms with Gasteiger partial charge in [-0.3, -0.25) is 0 Å². The van der Waals surface area contributed by atoms with Gasteiger partial charge in [0.05, 0.1) is 0 Å². The van der Waals surface area contributed by atoms with Gasteiger partial charge in [0.2, 0.25) is 0 Å². The van der Waals surface area contributed by atoms with Crippen molar-refractivity contribution in [1.29, 1.82) is 0 Å². The van der Waals surface area contributed by atoms with Gasteiger partial charge >= 0.3 is 0 Å². The Hall–Kier alpha value is -0.380. The molecule has 3 heteroatoms. The highest BCUT2D eigenvalue weighted by Gasteiger charge is 2.09. The molecule has 0 aliphatic heterocycles. The zero-order valence-corrected chi connectivity index (χ0v) is 10.4. The predicted octanol–water partition coefficient (Wildman–Crippen LogP) is 2.95. The van der Waals surface area contributed by atoms with Crippen molar-refractivity contribution < 1.29 is 5.11 Å². The lowest BCUT2D eigenvalue weighted by Gasteiger charge is -2.16. The van der Waals surface area contributed by atoms with Crippen LogP contribution < -0.4 is 5.32 Å². The molecule has 0 aromatic carbocycles. The van der Waals surface area contributed by atoms with Crippen molar-refractivity contribution in [3.8, 4) is 0 Å². The van der Waals surface area contributed by atoms with Crippen molar-refractivity contribution in [1.82, 2.24) is 5.32 Å². The fourth-order valence-corrected chi connectivity index (χ4v) is 2.22. The van der Waals surface area contributed by atoms with Crippen molar-refractivity contribution in [3.05, 3.63) is 22.4 Å². The first-order chi connectivity index (χ1) is 7.24. The average molecular weight is 227 g/mol. The van der Waals surface area contributed by atoms with Crippen LogP contribution in [0.15, 0.2) is 17.5 Å². The summed E-state index contributed by atoms with van der Waals surface area (Å²) in [6, 6.07) is 4.46. The highest BCUT2D eigenvalue weighted by Crippen LogP contribution is 2.17. The molecule has 0 aliphatic rings. The summed E-state index contributed by atoms with van der Waals surface area (Å²) >= 11 is 1.61. The van der Waals surface area contributed by atoms with E-state index < -0.39 is 0 Å². The molecule has 2 nitrogen and oxygen atoms in total. The minimum absolute atomic E-state index is 0.353. The molecule has 0 amide bonds. The standard InChI is InChI=1S/C12H21NOS/c1-3-4-6-10(2)13-9-11(14)12-7-5-8-15-12/h5,7-8,10-11,13-14H,3-4,6,9H2,1-2H3. The molecule has 1 heterocycles. The fraction of sp³-hybridized carbons (Fsp3) is 0.667. The molecule has 1 aromatic rings. The lowest BCUT2D eigenvalue weighted by atomic mass is 10.1. The van der Waals surface area contributed by atoms with Gasteiger partial charge in [0.1, 0.15) is 6.10 Å². The number of hydrogen-bond donors (Lipinski definition) is 2. The number of thiophene rings is 1. The molecule has 2 atom stereocenters. The summed E-state index contributed by atoms with van der Waals surface area (Å²) in [5.41, 5.74) is 0. The van der Waals surface area contributed by atoms with E-state index in [0.717, 1.165) is 4.88 Å². The van der Waals surface area contributed by atoms with Gasteiger partial charge in [-0.2, -0.15) is 0 Å². The smallest absolute Gasteiger partial charge is 0.101 e. The van der Waals surface area contributed by atoms with Crippen LogP contribution >= 0.6 is 11.3 Å². The third-order valence-electron chi connectivity index (χ3n) is 2.52. The van der Waals surface area contributed by atoms with Crippen LogP contribution in [0.1, 0.15) is 44.1 Å². The van der Waals surface area contributed by atoms with Gasteiger partial charge in [0, 0.05) is 17.5 Å². The van der Waals surface area contributed by atoms with Gasteiger partial charge < -0.3 is 10.4 Å². The zero-order chi connectivity index (χ0) is 11.1. The number of aliphatic hydroxyl groups is 1. The Bertz CT molecular complexity index is 248. The number of hydrogen-bond acceptors (Lipinski definition) is 3.